The number of nitrogens with one attached hydrogen (secondary N) is 1. The zero-order valence-corrected chi connectivity index (χ0v) is 18.2. The first-order valence-corrected chi connectivity index (χ1v) is 11.6. The molecular formula is C22H28N2O5S. The first kappa shape index (κ1) is 22.0. The molecule has 0 spiro atoms. The van der Waals surface area contributed by atoms with Crippen LogP contribution >= 0.6 is 0 Å². The molecule has 162 valence electrons. The normalized spacial score (nSPS) is 15.5. The van der Waals surface area contributed by atoms with Crippen molar-refractivity contribution in [3.05, 3.63) is 53.6 Å². The van der Waals surface area contributed by atoms with Gasteiger partial charge in [0.2, 0.25) is 10.0 Å². The van der Waals surface area contributed by atoms with Crippen molar-refractivity contribution in [2.45, 2.75) is 25.7 Å². The summed E-state index contributed by atoms with van der Waals surface area (Å²) in [6.45, 7) is 1.03. The van der Waals surface area contributed by atoms with Crippen LogP contribution in [-0.2, 0) is 16.4 Å². The Bertz CT molecular complexity index is 974. The Balaban J connectivity index is 1.50. The highest BCUT2D eigenvalue weighted by atomic mass is 32.2. The van der Waals surface area contributed by atoms with Crippen LogP contribution in [0.4, 0.5) is 5.69 Å². The molecule has 7 nitrogen and oxygen atoms in total. The molecule has 1 aliphatic heterocycles. The van der Waals surface area contributed by atoms with Gasteiger partial charge in [0.05, 0.1) is 25.7 Å². The first-order valence-electron chi connectivity index (χ1n) is 10.0. The van der Waals surface area contributed by atoms with Crippen LogP contribution in [0, 0.1) is 0 Å². The highest BCUT2D eigenvalue weighted by molar-refractivity contribution is 7.92. The Labute approximate surface area is 178 Å². The maximum Gasteiger partial charge on any atom is 0.251 e. The summed E-state index contributed by atoms with van der Waals surface area (Å²) in [6, 6.07) is 12.5. The molecule has 3 rings (SSSR count). The molecule has 0 radical (unpaired) electrons. The van der Waals surface area contributed by atoms with E-state index in [0.29, 0.717) is 42.3 Å². The minimum absolute atomic E-state index is 0.171. The molecule has 1 amide bonds. The van der Waals surface area contributed by atoms with E-state index < -0.39 is 10.0 Å². The lowest BCUT2D eigenvalue weighted by molar-refractivity contribution is 0.0953. The second kappa shape index (κ2) is 9.84. The smallest absolute Gasteiger partial charge is 0.251 e. The average molecular weight is 433 g/mol. The molecule has 0 saturated carbocycles. The van der Waals surface area contributed by atoms with E-state index in [-0.39, 0.29) is 11.7 Å². The van der Waals surface area contributed by atoms with Crippen LogP contribution in [0.25, 0.3) is 0 Å². The topological polar surface area (TPSA) is 84.9 Å². The van der Waals surface area contributed by atoms with E-state index in [1.165, 1.54) is 4.31 Å². The molecule has 1 fully saturated rings. The number of methoxy groups -OCH3 is 2. The highest BCUT2D eigenvalue weighted by Crippen LogP contribution is 2.28. The molecule has 2 aromatic carbocycles. The fourth-order valence-corrected chi connectivity index (χ4v) is 5.13. The third kappa shape index (κ3) is 5.24. The Kier molecular flexibility index (Phi) is 7.20. The van der Waals surface area contributed by atoms with Crippen LogP contribution in [0.5, 0.6) is 11.5 Å². The van der Waals surface area contributed by atoms with E-state index >= 15 is 0 Å². The Hall–Kier alpha value is -2.74. The van der Waals surface area contributed by atoms with Crippen LogP contribution in [0.1, 0.15) is 35.2 Å². The summed E-state index contributed by atoms with van der Waals surface area (Å²) in [5, 5.41) is 2.91. The zero-order chi connectivity index (χ0) is 21.6. The van der Waals surface area contributed by atoms with Crippen molar-refractivity contribution in [1.82, 2.24) is 5.32 Å². The molecule has 2 aromatic rings. The van der Waals surface area contributed by atoms with Gasteiger partial charge in [0.25, 0.3) is 5.91 Å². The Morgan fingerprint density at radius 2 is 1.77 bits per heavy atom. The van der Waals surface area contributed by atoms with Crippen molar-refractivity contribution in [2.75, 3.05) is 37.4 Å². The fourth-order valence-electron chi connectivity index (χ4n) is 3.49. The van der Waals surface area contributed by atoms with Crippen molar-refractivity contribution in [3.63, 3.8) is 0 Å². The summed E-state index contributed by atoms with van der Waals surface area (Å²) in [5.41, 5.74) is 2.23. The molecule has 0 bridgehead atoms. The summed E-state index contributed by atoms with van der Waals surface area (Å²) < 4.78 is 36.4. The van der Waals surface area contributed by atoms with Gasteiger partial charge in [0.1, 0.15) is 0 Å². The monoisotopic (exact) mass is 432 g/mol. The van der Waals surface area contributed by atoms with Gasteiger partial charge in [0, 0.05) is 18.7 Å². The van der Waals surface area contributed by atoms with E-state index in [1.54, 1.807) is 38.5 Å². The van der Waals surface area contributed by atoms with E-state index in [2.05, 4.69) is 5.32 Å². The van der Waals surface area contributed by atoms with E-state index in [9.17, 15) is 13.2 Å². The third-order valence-electron chi connectivity index (χ3n) is 5.14. The van der Waals surface area contributed by atoms with Crippen LogP contribution in [-0.4, -0.2) is 47.4 Å². The molecule has 30 heavy (non-hydrogen) atoms. The number of sulfonamides is 1. The van der Waals surface area contributed by atoms with Gasteiger partial charge >= 0.3 is 0 Å². The summed E-state index contributed by atoms with van der Waals surface area (Å²) >= 11 is 0. The quantitative estimate of drug-likeness (QED) is 0.648. The summed E-state index contributed by atoms with van der Waals surface area (Å²) in [7, 11) is -0.0400. The zero-order valence-electron chi connectivity index (χ0n) is 17.4. The predicted octanol–water partition coefficient (Wildman–Crippen LogP) is 3.00. The molecule has 1 saturated heterocycles. The van der Waals surface area contributed by atoms with E-state index in [1.807, 2.05) is 18.2 Å². The Morgan fingerprint density at radius 3 is 2.43 bits per heavy atom. The number of amides is 1. The highest BCUT2D eigenvalue weighted by Gasteiger charge is 2.25. The lowest BCUT2D eigenvalue weighted by atomic mass is 10.1. The number of rotatable bonds is 8. The number of carbonyl (C=O) groups is 1. The number of hydrogen-bond acceptors (Lipinski definition) is 5. The maximum absolute atomic E-state index is 12.4. The second-order valence-electron chi connectivity index (χ2n) is 7.19. The van der Waals surface area contributed by atoms with Crippen molar-refractivity contribution in [3.8, 4) is 11.5 Å². The molecule has 1 N–H and O–H groups in total. The van der Waals surface area contributed by atoms with Gasteiger partial charge in [0.15, 0.2) is 11.5 Å². The molecule has 0 aromatic heterocycles. The second-order valence-corrected chi connectivity index (χ2v) is 9.20. The minimum atomic E-state index is -3.25. The van der Waals surface area contributed by atoms with Gasteiger partial charge in [-0.15, -0.1) is 0 Å². The third-order valence-corrected chi connectivity index (χ3v) is 7.01. The minimum Gasteiger partial charge on any atom is -0.493 e. The molecule has 1 aliphatic rings. The van der Waals surface area contributed by atoms with Crippen molar-refractivity contribution in [2.24, 2.45) is 0 Å². The van der Waals surface area contributed by atoms with E-state index in [0.717, 1.165) is 24.8 Å². The standard InChI is InChI=1S/C22H28N2O5S/c1-28-20-12-7-17(16-21(20)29-2)6-5-13-23-22(25)18-8-10-19(11-9-18)24-14-3-4-15-30(24,26)27/h7-12,16H,3-6,13-15H2,1-2H3,(H,23,25). The number of carbonyl (C=O) groups excluding carboxylic acids is 1. The van der Waals surface area contributed by atoms with Crippen molar-refractivity contribution >= 4 is 21.6 Å². The number of benzene rings is 2. The predicted molar refractivity (Wildman–Crippen MR) is 117 cm³/mol. The average Bonchev–Trinajstić information content (AvgIpc) is 2.76. The summed E-state index contributed by atoms with van der Waals surface area (Å²) in [4.78, 5) is 12.4. The molecule has 0 aliphatic carbocycles. The maximum atomic E-state index is 12.4. The molecule has 8 heteroatoms. The first-order chi connectivity index (χ1) is 14.4. The molecule has 0 unspecified atom stereocenters. The number of ether oxygens (including phenoxy) is 2. The van der Waals surface area contributed by atoms with Gasteiger partial charge in [-0.1, -0.05) is 6.07 Å². The largest absolute Gasteiger partial charge is 0.493 e. The number of hydrogen-bond donors (Lipinski definition) is 1. The summed E-state index contributed by atoms with van der Waals surface area (Å²) in [5.74, 6) is 1.38. The number of anilines is 1. The van der Waals surface area contributed by atoms with Crippen LogP contribution in [0.2, 0.25) is 0 Å². The molecule has 0 atom stereocenters. The van der Waals surface area contributed by atoms with Gasteiger partial charge in [-0.25, -0.2) is 8.42 Å². The fraction of sp³-hybridized carbons (Fsp3) is 0.409. The van der Waals surface area contributed by atoms with Gasteiger partial charge in [-0.2, -0.15) is 0 Å². The van der Waals surface area contributed by atoms with Crippen molar-refractivity contribution < 1.29 is 22.7 Å². The van der Waals surface area contributed by atoms with Gasteiger partial charge in [-0.3, -0.25) is 9.10 Å². The molecular weight excluding hydrogens is 404 g/mol. The Morgan fingerprint density at radius 1 is 1.03 bits per heavy atom. The van der Waals surface area contributed by atoms with Gasteiger partial charge < -0.3 is 14.8 Å². The lowest BCUT2D eigenvalue weighted by Gasteiger charge is -2.28. The number of nitrogens with zero attached hydrogens (tertiary/aromatic N) is 1. The van der Waals surface area contributed by atoms with Gasteiger partial charge in [-0.05, 0) is 67.6 Å². The van der Waals surface area contributed by atoms with Crippen molar-refractivity contribution in [1.29, 1.82) is 0 Å². The van der Waals surface area contributed by atoms with E-state index in [4.69, 9.17) is 9.47 Å². The summed E-state index contributed by atoms with van der Waals surface area (Å²) in [6.07, 6.45) is 3.13. The molecule has 1 heterocycles. The lowest BCUT2D eigenvalue weighted by Crippen LogP contribution is -2.37. The van der Waals surface area contributed by atoms with Crippen LogP contribution in [0.15, 0.2) is 42.5 Å². The SMILES string of the molecule is COc1ccc(CCCNC(=O)c2ccc(N3CCCCS3(=O)=O)cc2)cc1OC. The van der Waals surface area contributed by atoms with Crippen LogP contribution < -0.4 is 19.1 Å². The number of aryl methyl sites for hydroxylation is 1. The van der Waals surface area contributed by atoms with Crippen LogP contribution in [0.3, 0.4) is 0 Å².